The van der Waals surface area contributed by atoms with Gasteiger partial charge in [-0.05, 0) is 58.5 Å². The van der Waals surface area contributed by atoms with Crippen molar-refractivity contribution in [2.24, 2.45) is 11.8 Å². The van der Waals surface area contributed by atoms with Crippen molar-refractivity contribution in [3.05, 3.63) is 0 Å². The number of nitrogens with one attached hydrogen (secondary N) is 1. The van der Waals surface area contributed by atoms with Crippen molar-refractivity contribution in [2.75, 3.05) is 32.8 Å². The molecule has 0 spiro atoms. The number of aliphatic hydroxyl groups is 1. The summed E-state index contributed by atoms with van der Waals surface area (Å²) in [5.74, 6) is 0.913. The molecule has 1 heterocycles. The summed E-state index contributed by atoms with van der Waals surface area (Å²) in [5, 5.41) is 12.4. The maximum atomic E-state index is 11.9. The molecule has 1 unspecified atom stereocenters. The minimum absolute atomic E-state index is 0.196. The highest BCUT2D eigenvalue weighted by Gasteiger charge is 2.26. The Kier molecular flexibility index (Phi) is 6.76. The molecule has 20 heavy (non-hydrogen) atoms. The maximum Gasteiger partial charge on any atom is 0.410 e. The first-order valence-electron chi connectivity index (χ1n) is 7.61. The summed E-state index contributed by atoms with van der Waals surface area (Å²) in [5.41, 5.74) is -0.421. The number of hydrogen-bond acceptors (Lipinski definition) is 4. The monoisotopic (exact) mass is 286 g/mol. The molecule has 5 nitrogen and oxygen atoms in total. The van der Waals surface area contributed by atoms with Gasteiger partial charge >= 0.3 is 6.09 Å². The van der Waals surface area contributed by atoms with Crippen LogP contribution in [0.15, 0.2) is 0 Å². The molecule has 5 heteroatoms. The minimum Gasteiger partial charge on any atom is -0.444 e. The number of likely N-dealkylation sites (tertiary alicyclic amines) is 1. The Labute approximate surface area is 122 Å². The van der Waals surface area contributed by atoms with Gasteiger partial charge in [0.05, 0.1) is 0 Å². The largest absolute Gasteiger partial charge is 0.444 e. The van der Waals surface area contributed by atoms with E-state index in [2.05, 4.69) is 5.32 Å². The number of nitrogens with zero attached hydrogens (tertiary/aromatic N) is 1. The summed E-state index contributed by atoms with van der Waals surface area (Å²) in [7, 11) is 0. The molecule has 0 bridgehead atoms. The Hall–Kier alpha value is -0.810. The summed E-state index contributed by atoms with van der Waals surface area (Å²) >= 11 is 0. The first kappa shape index (κ1) is 17.2. The minimum atomic E-state index is -0.421. The van der Waals surface area contributed by atoms with Crippen LogP contribution in [0.1, 0.15) is 40.5 Å². The molecule has 1 aliphatic rings. The molecule has 1 rings (SSSR count). The van der Waals surface area contributed by atoms with Crippen LogP contribution >= 0.6 is 0 Å². The zero-order valence-electron chi connectivity index (χ0n) is 13.3. The van der Waals surface area contributed by atoms with E-state index < -0.39 is 5.60 Å². The summed E-state index contributed by atoms with van der Waals surface area (Å²) < 4.78 is 5.38. The molecule has 0 radical (unpaired) electrons. The third kappa shape index (κ3) is 6.57. The lowest BCUT2D eigenvalue weighted by atomic mass is 9.97. The molecule has 0 aromatic heterocycles. The van der Waals surface area contributed by atoms with Crippen LogP contribution in [-0.4, -0.2) is 54.5 Å². The highest BCUT2D eigenvalue weighted by molar-refractivity contribution is 5.68. The number of ether oxygens (including phenoxy) is 1. The lowest BCUT2D eigenvalue weighted by Gasteiger charge is -2.33. The van der Waals surface area contributed by atoms with Crippen LogP contribution in [0, 0.1) is 11.8 Å². The fourth-order valence-electron chi connectivity index (χ4n) is 2.24. The van der Waals surface area contributed by atoms with Gasteiger partial charge < -0.3 is 20.1 Å². The molecular formula is C15H30N2O3. The van der Waals surface area contributed by atoms with Gasteiger partial charge in [0.15, 0.2) is 0 Å². The van der Waals surface area contributed by atoms with Gasteiger partial charge in [0.2, 0.25) is 0 Å². The first-order chi connectivity index (χ1) is 9.31. The normalized spacial score (nSPS) is 18.9. The Balaban J connectivity index is 2.21. The van der Waals surface area contributed by atoms with E-state index in [9.17, 15) is 4.79 Å². The Morgan fingerprint density at radius 1 is 1.40 bits per heavy atom. The van der Waals surface area contributed by atoms with E-state index in [1.165, 1.54) is 0 Å². The van der Waals surface area contributed by atoms with E-state index in [-0.39, 0.29) is 12.7 Å². The van der Waals surface area contributed by atoms with E-state index in [0.717, 1.165) is 39.0 Å². The molecule has 0 aliphatic carbocycles. The molecule has 1 fully saturated rings. The Morgan fingerprint density at radius 3 is 2.50 bits per heavy atom. The maximum absolute atomic E-state index is 11.9. The van der Waals surface area contributed by atoms with Crippen molar-refractivity contribution in [3.63, 3.8) is 0 Å². The van der Waals surface area contributed by atoms with Crippen molar-refractivity contribution < 1.29 is 14.6 Å². The number of rotatable bonds is 5. The summed E-state index contributed by atoms with van der Waals surface area (Å²) in [6.45, 7) is 11.3. The SMILES string of the molecule is CC(CO)CNCC1CCN(C(=O)OC(C)(C)C)CC1. The molecule has 118 valence electrons. The van der Waals surface area contributed by atoms with E-state index in [1.807, 2.05) is 27.7 Å². The predicted octanol–water partition coefficient (Wildman–Crippen LogP) is 1.85. The van der Waals surface area contributed by atoms with Gasteiger partial charge in [0.1, 0.15) is 5.60 Å². The smallest absolute Gasteiger partial charge is 0.410 e. The molecule has 1 atom stereocenters. The van der Waals surface area contributed by atoms with Crippen LogP contribution < -0.4 is 5.32 Å². The summed E-state index contributed by atoms with van der Waals surface area (Å²) in [6, 6.07) is 0. The van der Waals surface area contributed by atoms with E-state index in [1.54, 1.807) is 4.90 Å². The topological polar surface area (TPSA) is 61.8 Å². The van der Waals surface area contributed by atoms with Crippen LogP contribution in [0.2, 0.25) is 0 Å². The van der Waals surface area contributed by atoms with E-state index in [4.69, 9.17) is 9.84 Å². The van der Waals surface area contributed by atoms with Crippen LogP contribution in [0.5, 0.6) is 0 Å². The fourth-order valence-corrected chi connectivity index (χ4v) is 2.24. The van der Waals surface area contributed by atoms with Gasteiger partial charge in [-0.1, -0.05) is 6.92 Å². The molecule has 1 aliphatic heterocycles. The van der Waals surface area contributed by atoms with Crippen LogP contribution in [-0.2, 0) is 4.74 Å². The number of piperidine rings is 1. The second kappa shape index (κ2) is 7.84. The van der Waals surface area contributed by atoms with Gasteiger partial charge in [-0.15, -0.1) is 0 Å². The second-order valence-electron chi connectivity index (χ2n) is 6.86. The van der Waals surface area contributed by atoms with Gasteiger partial charge in [0.25, 0.3) is 0 Å². The fraction of sp³-hybridized carbons (Fsp3) is 0.933. The van der Waals surface area contributed by atoms with Crippen molar-refractivity contribution in [1.82, 2.24) is 10.2 Å². The summed E-state index contributed by atoms with van der Waals surface area (Å²) in [4.78, 5) is 13.7. The third-order valence-corrected chi connectivity index (χ3v) is 3.50. The lowest BCUT2D eigenvalue weighted by molar-refractivity contribution is 0.0184. The molecule has 1 amide bonds. The third-order valence-electron chi connectivity index (χ3n) is 3.50. The average molecular weight is 286 g/mol. The van der Waals surface area contributed by atoms with Crippen LogP contribution in [0.4, 0.5) is 4.79 Å². The number of carbonyl (C=O) groups is 1. The number of amides is 1. The number of carbonyl (C=O) groups excluding carboxylic acids is 1. The zero-order chi connectivity index (χ0) is 15.2. The molecule has 0 aromatic rings. The highest BCUT2D eigenvalue weighted by Crippen LogP contribution is 2.19. The quantitative estimate of drug-likeness (QED) is 0.810. The molecule has 1 saturated heterocycles. The van der Waals surface area contributed by atoms with Crippen molar-refractivity contribution in [3.8, 4) is 0 Å². The van der Waals surface area contributed by atoms with Crippen LogP contribution in [0.3, 0.4) is 0 Å². The van der Waals surface area contributed by atoms with Crippen molar-refractivity contribution in [1.29, 1.82) is 0 Å². The Morgan fingerprint density at radius 2 is 2.00 bits per heavy atom. The van der Waals surface area contributed by atoms with Gasteiger partial charge in [-0.2, -0.15) is 0 Å². The van der Waals surface area contributed by atoms with Gasteiger partial charge in [-0.3, -0.25) is 0 Å². The zero-order valence-corrected chi connectivity index (χ0v) is 13.3. The van der Waals surface area contributed by atoms with Crippen molar-refractivity contribution >= 4 is 6.09 Å². The summed E-state index contributed by atoms with van der Waals surface area (Å²) in [6.07, 6.45) is 1.83. The molecule has 0 aromatic carbocycles. The number of aliphatic hydroxyl groups excluding tert-OH is 1. The second-order valence-corrected chi connectivity index (χ2v) is 6.86. The number of hydrogen-bond donors (Lipinski definition) is 2. The predicted molar refractivity (Wildman–Crippen MR) is 79.7 cm³/mol. The first-order valence-corrected chi connectivity index (χ1v) is 7.61. The van der Waals surface area contributed by atoms with Gasteiger partial charge in [0, 0.05) is 19.7 Å². The van der Waals surface area contributed by atoms with E-state index in [0.29, 0.717) is 11.8 Å². The molecule has 2 N–H and O–H groups in total. The van der Waals surface area contributed by atoms with Crippen molar-refractivity contribution in [2.45, 2.75) is 46.1 Å². The lowest BCUT2D eigenvalue weighted by Crippen LogP contribution is -2.43. The average Bonchev–Trinajstić information content (AvgIpc) is 2.37. The van der Waals surface area contributed by atoms with Crippen LogP contribution in [0.25, 0.3) is 0 Å². The van der Waals surface area contributed by atoms with E-state index >= 15 is 0 Å². The highest BCUT2D eigenvalue weighted by atomic mass is 16.6. The molecule has 0 saturated carbocycles. The van der Waals surface area contributed by atoms with Gasteiger partial charge in [-0.25, -0.2) is 4.79 Å². The molecular weight excluding hydrogens is 256 g/mol. The standard InChI is InChI=1S/C15H30N2O3/c1-12(11-18)9-16-10-13-5-7-17(8-6-13)14(19)20-15(2,3)4/h12-13,16,18H,5-11H2,1-4H3. The Bertz CT molecular complexity index is 294.